The van der Waals surface area contributed by atoms with Crippen LogP contribution in [-0.4, -0.2) is 69.9 Å². The lowest BCUT2D eigenvalue weighted by Gasteiger charge is -2.26. The molecule has 0 aliphatic carbocycles. The number of aromatic nitrogens is 3. The van der Waals surface area contributed by atoms with Crippen LogP contribution in [0.3, 0.4) is 0 Å². The number of nitrogens with one attached hydrogen (secondary N) is 1. The first-order chi connectivity index (χ1) is 17.7. The molecule has 0 atom stereocenters. The topological polar surface area (TPSA) is 74.2 Å². The van der Waals surface area contributed by atoms with Crippen molar-refractivity contribution in [3.05, 3.63) is 47.7 Å². The maximum absolute atomic E-state index is 12.8. The number of rotatable bonds is 9. The number of anilines is 1. The highest BCUT2D eigenvalue weighted by Crippen LogP contribution is 2.32. The van der Waals surface area contributed by atoms with Gasteiger partial charge in [0.1, 0.15) is 0 Å². The fourth-order valence-corrected chi connectivity index (χ4v) is 5.87. The number of carbonyl (C=O) groups excluding carboxylic acids is 1. The molecule has 1 saturated heterocycles. The monoisotopic (exact) mass is 502 g/mol. The molecule has 1 amide bonds. The minimum absolute atomic E-state index is 0.00452. The fourth-order valence-electron chi connectivity index (χ4n) is 4.89. The van der Waals surface area contributed by atoms with Gasteiger partial charge in [-0.2, -0.15) is 0 Å². The Morgan fingerprint density at radius 2 is 1.89 bits per heavy atom. The Labute approximate surface area is 216 Å². The highest BCUT2D eigenvalue weighted by atomic mass is 32.1. The Morgan fingerprint density at radius 1 is 1.06 bits per heavy atom. The molecule has 0 radical (unpaired) electrons. The number of thiazole rings is 1. The summed E-state index contributed by atoms with van der Waals surface area (Å²) in [6, 6.07) is 10.2. The second-order valence-corrected chi connectivity index (χ2v) is 10.3. The molecule has 7 nitrogen and oxygen atoms in total. The first-order valence-electron chi connectivity index (χ1n) is 13.1. The van der Waals surface area contributed by atoms with Crippen molar-refractivity contribution in [1.82, 2.24) is 24.8 Å². The van der Waals surface area contributed by atoms with Crippen molar-refractivity contribution in [2.45, 2.75) is 39.5 Å². The highest BCUT2D eigenvalue weighted by molar-refractivity contribution is 7.20. The summed E-state index contributed by atoms with van der Waals surface area (Å²) in [5.74, 6) is -0.00452. The minimum Gasteiger partial charge on any atom is -0.384 e. The number of likely N-dealkylation sites (tertiary alicyclic amines) is 1. The van der Waals surface area contributed by atoms with Gasteiger partial charge >= 0.3 is 0 Å². The molecule has 3 aromatic heterocycles. The van der Waals surface area contributed by atoms with Crippen LogP contribution in [0.4, 0.5) is 5.69 Å². The van der Waals surface area contributed by atoms with E-state index in [1.165, 1.54) is 43.7 Å². The quantitative estimate of drug-likeness (QED) is 0.297. The number of benzene rings is 1. The number of hydrogen-bond donors (Lipinski definition) is 1. The van der Waals surface area contributed by atoms with Crippen LogP contribution in [0.5, 0.6) is 0 Å². The maximum atomic E-state index is 12.8. The Kier molecular flexibility index (Phi) is 7.72. The SMILES string of the molecule is CCN(CC)C(=O)c1nc2ccc(-c3cc(NCCCN4CCCCC4)c4cnccc4n3)cc2s1. The molecule has 0 spiro atoms. The Balaban J connectivity index is 1.38. The summed E-state index contributed by atoms with van der Waals surface area (Å²) < 4.78 is 0.996. The summed E-state index contributed by atoms with van der Waals surface area (Å²) in [6.45, 7) is 9.86. The Hall–Kier alpha value is -3.10. The maximum Gasteiger partial charge on any atom is 0.282 e. The van der Waals surface area contributed by atoms with E-state index in [0.717, 1.165) is 57.6 Å². The average Bonchev–Trinajstić information content (AvgIpc) is 3.36. The number of carbonyl (C=O) groups is 1. The number of fused-ring (bicyclic) bond motifs is 2. The van der Waals surface area contributed by atoms with E-state index in [9.17, 15) is 4.79 Å². The van der Waals surface area contributed by atoms with Crippen LogP contribution in [0.25, 0.3) is 32.4 Å². The van der Waals surface area contributed by atoms with Crippen molar-refractivity contribution in [2.24, 2.45) is 0 Å². The number of pyridine rings is 2. The van der Waals surface area contributed by atoms with Gasteiger partial charge in [0, 0.05) is 48.7 Å². The highest BCUT2D eigenvalue weighted by Gasteiger charge is 2.18. The van der Waals surface area contributed by atoms with Gasteiger partial charge in [0.15, 0.2) is 5.01 Å². The first kappa shape index (κ1) is 24.6. The summed E-state index contributed by atoms with van der Waals surface area (Å²) >= 11 is 1.45. The first-order valence-corrected chi connectivity index (χ1v) is 13.9. The summed E-state index contributed by atoms with van der Waals surface area (Å²) in [6.07, 6.45) is 8.80. The van der Waals surface area contributed by atoms with Gasteiger partial charge in [-0.1, -0.05) is 12.5 Å². The van der Waals surface area contributed by atoms with Gasteiger partial charge in [0.25, 0.3) is 5.91 Å². The molecule has 5 rings (SSSR count). The van der Waals surface area contributed by atoms with E-state index < -0.39 is 0 Å². The van der Waals surface area contributed by atoms with E-state index >= 15 is 0 Å². The zero-order valence-electron chi connectivity index (χ0n) is 21.2. The molecular weight excluding hydrogens is 468 g/mol. The third-order valence-corrected chi connectivity index (χ3v) is 7.95. The molecular formula is C28H34N6OS. The van der Waals surface area contributed by atoms with Gasteiger partial charge in [-0.15, -0.1) is 11.3 Å². The van der Waals surface area contributed by atoms with Crippen molar-refractivity contribution < 1.29 is 4.79 Å². The molecule has 188 valence electrons. The molecule has 36 heavy (non-hydrogen) atoms. The summed E-state index contributed by atoms with van der Waals surface area (Å²) in [4.78, 5) is 31.0. The van der Waals surface area contributed by atoms with E-state index in [0.29, 0.717) is 18.1 Å². The standard InChI is InChI=1S/C28H34N6OS/c1-3-34(4-2)28(35)27-32-23-10-9-20(17-26(23)36-27)24-18-25(21-19-29-13-11-22(21)31-24)30-12-8-16-33-14-6-5-7-15-33/h9-11,13,17-19H,3-8,12,14-16H2,1-2H3,(H,30,31). The summed E-state index contributed by atoms with van der Waals surface area (Å²) in [5.41, 5.74) is 4.74. The molecule has 1 aliphatic rings. The smallest absolute Gasteiger partial charge is 0.282 e. The van der Waals surface area contributed by atoms with Crippen LogP contribution in [0.1, 0.15) is 49.3 Å². The lowest BCUT2D eigenvalue weighted by molar-refractivity contribution is 0.0773. The van der Waals surface area contributed by atoms with Crippen molar-refractivity contribution in [2.75, 3.05) is 44.6 Å². The predicted molar refractivity (Wildman–Crippen MR) is 149 cm³/mol. The molecule has 0 unspecified atom stereocenters. The van der Waals surface area contributed by atoms with Crippen LogP contribution in [0, 0.1) is 0 Å². The van der Waals surface area contributed by atoms with Crippen LogP contribution < -0.4 is 5.32 Å². The van der Waals surface area contributed by atoms with E-state index in [1.54, 1.807) is 11.1 Å². The molecule has 4 heterocycles. The lowest BCUT2D eigenvalue weighted by Crippen LogP contribution is -2.31. The fraction of sp³-hybridized carbons (Fsp3) is 0.429. The molecule has 8 heteroatoms. The third-order valence-electron chi connectivity index (χ3n) is 6.94. The third kappa shape index (κ3) is 5.34. The van der Waals surface area contributed by atoms with Crippen molar-refractivity contribution >= 4 is 44.1 Å². The predicted octanol–water partition coefficient (Wildman–Crippen LogP) is 5.68. The van der Waals surface area contributed by atoms with Gasteiger partial charge in [-0.05, 0) is 77.0 Å². The molecule has 0 saturated carbocycles. The average molecular weight is 503 g/mol. The van der Waals surface area contributed by atoms with E-state index in [1.807, 2.05) is 38.2 Å². The Bertz CT molecular complexity index is 1340. The molecule has 1 N–H and O–H groups in total. The van der Waals surface area contributed by atoms with E-state index in [4.69, 9.17) is 4.98 Å². The van der Waals surface area contributed by atoms with Gasteiger partial charge in [0.2, 0.25) is 0 Å². The zero-order valence-corrected chi connectivity index (χ0v) is 22.0. The summed E-state index contributed by atoms with van der Waals surface area (Å²) in [7, 11) is 0. The van der Waals surface area contributed by atoms with Crippen LogP contribution in [0.15, 0.2) is 42.7 Å². The van der Waals surface area contributed by atoms with Crippen molar-refractivity contribution in [3.8, 4) is 11.3 Å². The van der Waals surface area contributed by atoms with Crippen molar-refractivity contribution in [1.29, 1.82) is 0 Å². The molecule has 1 aromatic carbocycles. The summed E-state index contributed by atoms with van der Waals surface area (Å²) in [5, 5.41) is 5.23. The number of nitrogens with zero attached hydrogens (tertiary/aromatic N) is 5. The number of hydrogen-bond acceptors (Lipinski definition) is 7. The van der Waals surface area contributed by atoms with Crippen LogP contribution >= 0.6 is 11.3 Å². The van der Waals surface area contributed by atoms with Crippen molar-refractivity contribution in [3.63, 3.8) is 0 Å². The van der Waals surface area contributed by atoms with Gasteiger partial charge in [-0.25, -0.2) is 9.97 Å². The molecule has 1 aliphatic heterocycles. The van der Waals surface area contributed by atoms with Gasteiger partial charge in [0.05, 0.1) is 21.4 Å². The Morgan fingerprint density at radius 3 is 2.69 bits per heavy atom. The van der Waals surface area contributed by atoms with E-state index in [2.05, 4.69) is 32.3 Å². The molecule has 0 bridgehead atoms. The lowest BCUT2D eigenvalue weighted by atomic mass is 10.1. The number of amides is 1. The van der Waals surface area contributed by atoms with Gasteiger partial charge in [-0.3, -0.25) is 9.78 Å². The van der Waals surface area contributed by atoms with E-state index in [-0.39, 0.29) is 5.91 Å². The minimum atomic E-state index is -0.00452. The second-order valence-electron chi connectivity index (χ2n) is 9.31. The second kappa shape index (κ2) is 11.3. The zero-order chi connectivity index (χ0) is 24.9. The normalized spacial score (nSPS) is 14.4. The largest absolute Gasteiger partial charge is 0.384 e. The number of piperidine rings is 1. The molecule has 4 aromatic rings. The van der Waals surface area contributed by atoms with Crippen LogP contribution in [0.2, 0.25) is 0 Å². The van der Waals surface area contributed by atoms with Crippen LogP contribution in [-0.2, 0) is 0 Å². The molecule has 1 fully saturated rings. The van der Waals surface area contributed by atoms with Gasteiger partial charge < -0.3 is 15.1 Å².